The quantitative estimate of drug-likeness (QED) is 0.790. The summed E-state index contributed by atoms with van der Waals surface area (Å²) in [5, 5.41) is 0. The van der Waals surface area contributed by atoms with Crippen LogP contribution in [0.4, 0.5) is 14.5 Å². The molecule has 1 aliphatic heterocycles. The fourth-order valence-electron chi connectivity index (χ4n) is 1.61. The molecule has 1 aromatic carbocycles. The van der Waals surface area contributed by atoms with Crippen molar-refractivity contribution in [2.24, 2.45) is 0 Å². The van der Waals surface area contributed by atoms with E-state index in [4.69, 9.17) is 15.2 Å². The molecule has 2 N–H and O–H groups in total. The third-order valence-corrected chi connectivity index (χ3v) is 2.51. The second kappa shape index (κ2) is 4.65. The van der Waals surface area contributed by atoms with Crippen LogP contribution in [0.3, 0.4) is 0 Å². The number of benzene rings is 1. The Morgan fingerprint density at radius 1 is 1.19 bits per heavy atom. The third kappa shape index (κ3) is 2.41. The van der Waals surface area contributed by atoms with E-state index < -0.39 is 11.6 Å². The zero-order chi connectivity index (χ0) is 11.5. The highest BCUT2D eigenvalue weighted by molar-refractivity contribution is 5.44. The Bertz CT molecular complexity index is 378. The number of hydrogen-bond donors (Lipinski definition) is 1. The van der Waals surface area contributed by atoms with Gasteiger partial charge in [0.15, 0.2) is 11.6 Å². The molecule has 0 atom stereocenters. The van der Waals surface area contributed by atoms with Gasteiger partial charge in [0.25, 0.3) is 0 Å². The SMILES string of the molecule is Nc1cc(F)c(OC2CCOCC2)cc1F. The highest BCUT2D eigenvalue weighted by Gasteiger charge is 2.18. The van der Waals surface area contributed by atoms with E-state index in [2.05, 4.69) is 0 Å². The average Bonchev–Trinajstić information content (AvgIpc) is 2.27. The number of hydrogen-bond acceptors (Lipinski definition) is 3. The van der Waals surface area contributed by atoms with Crippen molar-refractivity contribution in [1.29, 1.82) is 0 Å². The minimum atomic E-state index is -0.663. The van der Waals surface area contributed by atoms with Crippen LogP contribution in [-0.2, 0) is 4.74 Å². The molecule has 1 aromatic rings. The summed E-state index contributed by atoms with van der Waals surface area (Å²) in [5.74, 6) is -1.38. The first kappa shape index (κ1) is 11.1. The normalized spacial score (nSPS) is 17.4. The summed E-state index contributed by atoms with van der Waals surface area (Å²) in [7, 11) is 0. The summed E-state index contributed by atoms with van der Waals surface area (Å²) in [4.78, 5) is 0. The topological polar surface area (TPSA) is 44.5 Å². The van der Waals surface area contributed by atoms with Crippen molar-refractivity contribution in [3.05, 3.63) is 23.8 Å². The van der Waals surface area contributed by atoms with E-state index in [9.17, 15) is 8.78 Å². The van der Waals surface area contributed by atoms with Crippen molar-refractivity contribution < 1.29 is 18.3 Å². The van der Waals surface area contributed by atoms with Crippen LogP contribution in [0.2, 0.25) is 0 Å². The Hall–Kier alpha value is -1.36. The monoisotopic (exact) mass is 229 g/mol. The number of anilines is 1. The summed E-state index contributed by atoms with van der Waals surface area (Å²) < 4.78 is 37.0. The molecule has 0 aromatic heterocycles. The van der Waals surface area contributed by atoms with Crippen molar-refractivity contribution in [2.75, 3.05) is 18.9 Å². The molecule has 5 heteroatoms. The van der Waals surface area contributed by atoms with Crippen molar-refractivity contribution in [3.63, 3.8) is 0 Å². The Labute approximate surface area is 92.1 Å². The van der Waals surface area contributed by atoms with Crippen molar-refractivity contribution in [3.8, 4) is 5.75 Å². The summed E-state index contributed by atoms with van der Waals surface area (Å²) >= 11 is 0. The van der Waals surface area contributed by atoms with Gasteiger partial charge in [-0.2, -0.15) is 0 Å². The van der Waals surface area contributed by atoms with Gasteiger partial charge in [-0.3, -0.25) is 0 Å². The number of nitrogens with two attached hydrogens (primary N) is 1. The first-order valence-corrected chi connectivity index (χ1v) is 5.16. The zero-order valence-corrected chi connectivity index (χ0v) is 8.71. The molecule has 0 saturated carbocycles. The fraction of sp³-hybridized carbons (Fsp3) is 0.455. The molecular formula is C11H13F2NO2. The zero-order valence-electron chi connectivity index (χ0n) is 8.71. The maximum Gasteiger partial charge on any atom is 0.167 e. The Morgan fingerprint density at radius 3 is 2.56 bits per heavy atom. The molecule has 0 spiro atoms. The summed E-state index contributed by atoms with van der Waals surface area (Å²) in [6.45, 7) is 1.17. The molecule has 3 nitrogen and oxygen atoms in total. The van der Waals surface area contributed by atoms with Gasteiger partial charge in [0.2, 0.25) is 0 Å². The molecule has 0 amide bonds. The van der Waals surface area contributed by atoms with Crippen LogP contribution < -0.4 is 10.5 Å². The molecule has 0 unspecified atom stereocenters. The van der Waals surface area contributed by atoms with Gasteiger partial charge < -0.3 is 15.2 Å². The first-order chi connectivity index (χ1) is 7.66. The van der Waals surface area contributed by atoms with E-state index in [1.807, 2.05) is 0 Å². The molecule has 0 bridgehead atoms. The summed E-state index contributed by atoms with van der Waals surface area (Å²) in [6, 6.07) is 1.92. The lowest BCUT2D eigenvalue weighted by Gasteiger charge is -2.23. The Kier molecular flexibility index (Phi) is 3.24. The molecule has 2 rings (SSSR count). The lowest BCUT2D eigenvalue weighted by Crippen LogP contribution is -2.26. The predicted molar refractivity (Wildman–Crippen MR) is 55.2 cm³/mol. The van der Waals surface area contributed by atoms with Crippen LogP contribution in [0.25, 0.3) is 0 Å². The lowest BCUT2D eigenvalue weighted by molar-refractivity contribution is 0.0239. The number of rotatable bonds is 2. The second-order valence-corrected chi connectivity index (χ2v) is 3.73. The standard InChI is InChI=1S/C11H13F2NO2/c12-8-6-11(9(13)5-10(8)14)16-7-1-3-15-4-2-7/h5-7H,1-4,14H2. The highest BCUT2D eigenvalue weighted by Crippen LogP contribution is 2.25. The van der Waals surface area contributed by atoms with E-state index in [0.29, 0.717) is 26.1 Å². The third-order valence-electron chi connectivity index (χ3n) is 2.51. The van der Waals surface area contributed by atoms with Gasteiger partial charge >= 0.3 is 0 Å². The molecule has 0 aliphatic carbocycles. The Morgan fingerprint density at radius 2 is 1.88 bits per heavy atom. The van der Waals surface area contributed by atoms with Crippen LogP contribution in [0.1, 0.15) is 12.8 Å². The van der Waals surface area contributed by atoms with Gasteiger partial charge in [0.1, 0.15) is 11.9 Å². The molecule has 16 heavy (non-hydrogen) atoms. The van der Waals surface area contributed by atoms with E-state index in [-0.39, 0.29) is 17.5 Å². The van der Waals surface area contributed by atoms with Crippen molar-refractivity contribution in [2.45, 2.75) is 18.9 Å². The maximum atomic E-state index is 13.4. The fourth-order valence-corrected chi connectivity index (χ4v) is 1.61. The van der Waals surface area contributed by atoms with Gasteiger partial charge in [-0.05, 0) is 0 Å². The minimum absolute atomic E-state index is 0.0846. The second-order valence-electron chi connectivity index (χ2n) is 3.73. The first-order valence-electron chi connectivity index (χ1n) is 5.16. The minimum Gasteiger partial charge on any atom is -0.487 e. The largest absolute Gasteiger partial charge is 0.487 e. The summed E-state index contributed by atoms with van der Waals surface area (Å²) in [5.41, 5.74) is 5.02. The molecular weight excluding hydrogens is 216 g/mol. The van der Waals surface area contributed by atoms with Crippen LogP contribution in [0.15, 0.2) is 12.1 Å². The van der Waals surface area contributed by atoms with E-state index in [1.165, 1.54) is 0 Å². The Balaban J connectivity index is 2.11. The van der Waals surface area contributed by atoms with Crippen LogP contribution >= 0.6 is 0 Å². The summed E-state index contributed by atoms with van der Waals surface area (Å²) in [6.07, 6.45) is 1.25. The van der Waals surface area contributed by atoms with Crippen LogP contribution in [0.5, 0.6) is 5.75 Å². The van der Waals surface area contributed by atoms with Crippen LogP contribution in [-0.4, -0.2) is 19.3 Å². The van der Waals surface area contributed by atoms with Gasteiger partial charge in [0.05, 0.1) is 18.9 Å². The molecule has 1 fully saturated rings. The van der Waals surface area contributed by atoms with Crippen LogP contribution in [0, 0.1) is 11.6 Å². The van der Waals surface area contributed by atoms with Gasteiger partial charge in [-0.25, -0.2) is 8.78 Å². The predicted octanol–water partition coefficient (Wildman–Crippen LogP) is 2.10. The maximum absolute atomic E-state index is 13.4. The van der Waals surface area contributed by atoms with Crippen molar-refractivity contribution >= 4 is 5.69 Å². The van der Waals surface area contributed by atoms with Crippen molar-refractivity contribution in [1.82, 2.24) is 0 Å². The number of ether oxygens (including phenoxy) is 2. The number of nitrogen functional groups attached to an aromatic ring is 1. The molecule has 1 aliphatic rings. The highest BCUT2D eigenvalue weighted by atomic mass is 19.1. The van der Waals surface area contributed by atoms with Gasteiger partial charge in [0, 0.05) is 25.0 Å². The molecule has 1 heterocycles. The van der Waals surface area contributed by atoms with Gasteiger partial charge in [-0.15, -0.1) is 0 Å². The smallest absolute Gasteiger partial charge is 0.167 e. The van der Waals surface area contributed by atoms with E-state index in [0.717, 1.165) is 12.1 Å². The van der Waals surface area contributed by atoms with E-state index in [1.54, 1.807) is 0 Å². The van der Waals surface area contributed by atoms with E-state index >= 15 is 0 Å². The number of halogens is 2. The molecule has 1 saturated heterocycles. The van der Waals surface area contributed by atoms with Gasteiger partial charge in [-0.1, -0.05) is 0 Å². The average molecular weight is 229 g/mol. The lowest BCUT2D eigenvalue weighted by atomic mass is 10.1. The molecule has 88 valence electrons. The molecule has 0 radical (unpaired) electrons.